The minimum Gasteiger partial charge on any atom is -0.821 e. The predicted molar refractivity (Wildman–Crippen MR) is 48.4 cm³/mol. The van der Waals surface area contributed by atoms with Gasteiger partial charge in [-0.25, -0.2) is 0 Å². The van der Waals surface area contributed by atoms with Crippen molar-refractivity contribution in [2.45, 2.75) is 27.7 Å². The molecule has 0 unspecified atom stereocenters. The summed E-state index contributed by atoms with van der Waals surface area (Å²) in [6.07, 6.45) is 0. The minimum atomic E-state index is -0.205. The van der Waals surface area contributed by atoms with E-state index in [1.807, 2.05) is 20.8 Å². The lowest BCUT2D eigenvalue weighted by molar-refractivity contribution is -0.715. The molecule has 74 valence electrons. The van der Waals surface area contributed by atoms with Crippen LogP contribution >= 0.6 is 0 Å². The third-order valence-electron chi connectivity index (χ3n) is 2.95. The largest absolute Gasteiger partial charge is 0.821 e. The molecule has 2 heterocycles. The van der Waals surface area contributed by atoms with Gasteiger partial charge in [-0.2, -0.15) is 0 Å². The SMILES string of the molecule is CC1=C([O-])[n+]2c(C)c(C)c(C)n2C1=O. The zero-order valence-electron chi connectivity index (χ0n) is 8.71. The van der Waals surface area contributed by atoms with Gasteiger partial charge in [0.25, 0.3) is 0 Å². The number of rotatable bonds is 0. The number of hydrogen-bond donors (Lipinski definition) is 0. The molecule has 0 saturated carbocycles. The van der Waals surface area contributed by atoms with Crippen molar-refractivity contribution in [2.24, 2.45) is 0 Å². The molecule has 1 aromatic rings. The molecule has 1 aliphatic rings. The van der Waals surface area contributed by atoms with Gasteiger partial charge >= 0.3 is 5.91 Å². The summed E-state index contributed by atoms with van der Waals surface area (Å²) in [5, 5.41) is 11.7. The molecule has 4 nitrogen and oxygen atoms in total. The number of fused-ring (bicyclic) bond motifs is 1. The second kappa shape index (κ2) is 2.47. The quantitative estimate of drug-likeness (QED) is 0.539. The van der Waals surface area contributed by atoms with Gasteiger partial charge in [-0.1, -0.05) is 9.36 Å². The van der Waals surface area contributed by atoms with Gasteiger partial charge in [-0.05, 0) is 20.8 Å². The molecule has 0 aliphatic carbocycles. The first-order chi connectivity index (χ1) is 6.46. The zero-order valence-corrected chi connectivity index (χ0v) is 8.71. The molecule has 0 aromatic carbocycles. The van der Waals surface area contributed by atoms with Gasteiger partial charge < -0.3 is 5.11 Å². The first-order valence-electron chi connectivity index (χ1n) is 4.50. The van der Waals surface area contributed by atoms with E-state index in [4.69, 9.17) is 0 Å². The monoisotopic (exact) mass is 192 g/mol. The zero-order chi connectivity index (χ0) is 10.6. The maximum Gasteiger partial charge on any atom is 0.315 e. The number of carbonyl (C=O) groups excluding carboxylic acids is 1. The number of allylic oxidation sites excluding steroid dienone is 1. The van der Waals surface area contributed by atoms with Crippen LogP contribution in [-0.4, -0.2) is 10.6 Å². The van der Waals surface area contributed by atoms with Crippen LogP contribution in [0.25, 0.3) is 5.88 Å². The third kappa shape index (κ3) is 0.780. The molecule has 1 aromatic heterocycles. The van der Waals surface area contributed by atoms with Crippen LogP contribution in [0.3, 0.4) is 0 Å². The first kappa shape index (κ1) is 8.99. The molecule has 0 radical (unpaired) electrons. The fourth-order valence-electron chi connectivity index (χ4n) is 1.77. The summed E-state index contributed by atoms with van der Waals surface area (Å²) in [6, 6.07) is 0. The number of hydrogen-bond acceptors (Lipinski definition) is 2. The average molecular weight is 192 g/mol. The van der Waals surface area contributed by atoms with Crippen LogP contribution in [-0.2, 0) is 0 Å². The number of aromatic nitrogens is 2. The highest BCUT2D eigenvalue weighted by atomic mass is 16.3. The van der Waals surface area contributed by atoms with Crippen molar-refractivity contribution >= 4 is 11.8 Å². The molecule has 2 rings (SSSR count). The molecule has 0 saturated heterocycles. The molecular formula is C10H12N2O2. The molecule has 4 heteroatoms. The Hall–Kier alpha value is -1.58. The van der Waals surface area contributed by atoms with Crippen LogP contribution in [0.5, 0.6) is 0 Å². The van der Waals surface area contributed by atoms with E-state index in [-0.39, 0.29) is 17.4 Å². The second-order valence-electron chi connectivity index (χ2n) is 3.65. The summed E-state index contributed by atoms with van der Waals surface area (Å²) in [6.45, 7) is 7.18. The Morgan fingerprint density at radius 1 is 1.21 bits per heavy atom. The van der Waals surface area contributed by atoms with Crippen molar-refractivity contribution in [1.29, 1.82) is 0 Å². The van der Waals surface area contributed by atoms with Crippen LogP contribution in [0, 0.1) is 20.8 Å². The van der Waals surface area contributed by atoms with E-state index < -0.39 is 0 Å². The summed E-state index contributed by atoms with van der Waals surface area (Å²) in [5.74, 6) is -0.410. The van der Waals surface area contributed by atoms with Crippen LogP contribution in [0.15, 0.2) is 5.57 Å². The summed E-state index contributed by atoms with van der Waals surface area (Å²) < 4.78 is 2.89. The van der Waals surface area contributed by atoms with Gasteiger partial charge in [0.05, 0.1) is 11.3 Å². The van der Waals surface area contributed by atoms with E-state index in [1.165, 1.54) is 9.36 Å². The lowest BCUT2D eigenvalue weighted by Crippen LogP contribution is -2.45. The van der Waals surface area contributed by atoms with E-state index in [0.29, 0.717) is 0 Å². The van der Waals surface area contributed by atoms with E-state index in [0.717, 1.165) is 17.0 Å². The predicted octanol–water partition coefficient (Wildman–Crippen LogP) is -0.0965. The van der Waals surface area contributed by atoms with E-state index in [1.54, 1.807) is 6.92 Å². The Morgan fingerprint density at radius 3 is 2.29 bits per heavy atom. The number of nitrogens with zero attached hydrogens (tertiary/aromatic N) is 2. The lowest BCUT2D eigenvalue weighted by atomic mass is 10.2. The average Bonchev–Trinajstić information content (AvgIpc) is 2.51. The van der Waals surface area contributed by atoms with Gasteiger partial charge in [-0.3, -0.25) is 4.79 Å². The molecular weight excluding hydrogens is 180 g/mol. The smallest absolute Gasteiger partial charge is 0.315 e. The highest BCUT2D eigenvalue weighted by molar-refractivity contribution is 5.99. The molecule has 0 fully saturated rings. The summed E-state index contributed by atoms with van der Waals surface area (Å²) >= 11 is 0. The van der Waals surface area contributed by atoms with Gasteiger partial charge in [-0.15, -0.1) is 0 Å². The van der Waals surface area contributed by atoms with Crippen LogP contribution in [0.1, 0.15) is 28.7 Å². The summed E-state index contributed by atoms with van der Waals surface area (Å²) in [5.41, 5.74) is 2.98. The Balaban J connectivity index is 2.86. The lowest BCUT2D eigenvalue weighted by Gasteiger charge is -1.98. The first-order valence-corrected chi connectivity index (χ1v) is 4.50. The standard InChI is InChI=1S/C10H12N2O2/c1-5-7(3)11-9(13)6(2)10(14)12(11)8(5)4/h1-4H3. The van der Waals surface area contributed by atoms with Crippen molar-refractivity contribution in [3.8, 4) is 0 Å². The molecule has 0 spiro atoms. The normalized spacial score (nSPS) is 15.3. The Bertz CT molecular complexity index is 481. The van der Waals surface area contributed by atoms with Crippen LogP contribution in [0.2, 0.25) is 0 Å². The second-order valence-corrected chi connectivity index (χ2v) is 3.65. The van der Waals surface area contributed by atoms with Gasteiger partial charge in [0.1, 0.15) is 0 Å². The molecule has 0 atom stereocenters. The Morgan fingerprint density at radius 2 is 1.79 bits per heavy atom. The van der Waals surface area contributed by atoms with E-state index in [9.17, 15) is 9.90 Å². The van der Waals surface area contributed by atoms with Crippen LogP contribution in [0.4, 0.5) is 0 Å². The van der Waals surface area contributed by atoms with Gasteiger partial charge in [0.2, 0.25) is 5.69 Å². The highest BCUT2D eigenvalue weighted by Gasteiger charge is 2.35. The minimum absolute atomic E-state index is 0.205. The van der Waals surface area contributed by atoms with Crippen LogP contribution < -0.4 is 9.79 Å². The summed E-state index contributed by atoms with van der Waals surface area (Å²) in [4.78, 5) is 11.7. The Kier molecular flexibility index (Phi) is 1.58. The fourth-order valence-corrected chi connectivity index (χ4v) is 1.77. The topological polar surface area (TPSA) is 48.9 Å². The van der Waals surface area contributed by atoms with Gasteiger partial charge in [0.15, 0.2) is 5.88 Å². The number of carbonyl (C=O) groups is 1. The summed E-state index contributed by atoms with van der Waals surface area (Å²) in [7, 11) is 0. The molecule has 0 N–H and O–H groups in total. The highest BCUT2D eigenvalue weighted by Crippen LogP contribution is 2.18. The fraction of sp³-hybridized carbons (Fsp3) is 0.400. The van der Waals surface area contributed by atoms with Crippen molar-refractivity contribution < 1.29 is 14.6 Å². The van der Waals surface area contributed by atoms with Crippen molar-refractivity contribution in [1.82, 2.24) is 4.68 Å². The van der Waals surface area contributed by atoms with E-state index in [2.05, 4.69) is 0 Å². The third-order valence-corrected chi connectivity index (χ3v) is 2.95. The van der Waals surface area contributed by atoms with Crippen molar-refractivity contribution in [3.05, 3.63) is 22.5 Å². The maximum atomic E-state index is 11.7. The van der Waals surface area contributed by atoms with Crippen molar-refractivity contribution in [3.63, 3.8) is 0 Å². The Labute approximate surface area is 82.1 Å². The van der Waals surface area contributed by atoms with E-state index >= 15 is 0 Å². The molecule has 0 amide bonds. The molecule has 0 bridgehead atoms. The molecule has 14 heavy (non-hydrogen) atoms. The van der Waals surface area contributed by atoms with Crippen molar-refractivity contribution in [2.75, 3.05) is 0 Å². The molecule has 1 aliphatic heterocycles. The van der Waals surface area contributed by atoms with Gasteiger partial charge in [0, 0.05) is 12.5 Å². The maximum absolute atomic E-state index is 11.7.